The third kappa shape index (κ3) is 30.2. The zero-order valence-electron chi connectivity index (χ0n) is 29.9. The molecule has 0 amide bonds. The minimum absolute atomic E-state index is 0.397. The number of hydrogen-bond acceptors (Lipinski definition) is 0. The average Bonchev–Trinajstić information content (AvgIpc) is 2.98. The molecule has 0 fully saturated rings. The Morgan fingerprint density at radius 1 is 0.195 bits per heavy atom. The van der Waals surface area contributed by atoms with Gasteiger partial charge in [0.25, 0.3) is 0 Å². The van der Waals surface area contributed by atoms with Gasteiger partial charge in [0, 0.05) is 0 Å². The predicted molar refractivity (Wildman–Crippen MR) is 197 cm³/mol. The van der Waals surface area contributed by atoms with Gasteiger partial charge in [-0.3, -0.25) is 0 Å². The van der Waals surface area contributed by atoms with Gasteiger partial charge in [-0.15, -0.1) is 0 Å². The highest BCUT2D eigenvalue weighted by Gasteiger charge is 2.22. The summed E-state index contributed by atoms with van der Waals surface area (Å²) >= 11 is 0. The smallest absolute Gasteiger partial charge is 0.0228 e. The second-order valence-corrected chi connectivity index (χ2v) is 18.0. The lowest BCUT2D eigenvalue weighted by molar-refractivity contribution is 0.561. The number of rotatable bonds is 36. The molecule has 0 atom stereocenters. The van der Waals surface area contributed by atoms with Gasteiger partial charge >= 0.3 is 0 Å². The van der Waals surface area contributed by atoms with Crippen LogP contribution in [0, 0.1) is 0 Å². The summed E-state index contributed by atoms with van der Waals surface area (Å²) in [5.41, 5.74) is 0. The summed E-state index contributed by atoms with van der Waals surface area (Å²) in [6.45, 7) is 9.37. The van der Waals surface area contributed by atoms with E-state index in [1.54, 1.807) is 48.7 Å². The molecule has 41 heavy (non-hydrogen) atoms. The van der Waals surface area contributed by atoms with Crippen LogP contribution in [0.3, 0.4) is 0 Å². The molecule has 0 bridgehead atoms. The van der Waals surface area contributed by atoms with Crippen molar-refractivity contribution < 1.29 is 0 Å². The summed E-state index contributed by atoms with van der Waals surface area (Å²) in [5.74, 6) is 6.52. The Kier molecular flexibility index (Phi) is 35.1. The zero-order valence-corrected chi connectivity index (χ0v) is 30.7. The lowest BCUT2D eigenvalue weighted by Gasteiger charge is -2.41. The van der Waals surface area contributed by atoms with Crippen LogP contribution in [0.4, 0.5) is 0 Å². The lowest BCUT2D eigenvalue weighted by Crippen LogP contribution is -2.18. The molecule has 0 aromatic rings. The second-order valence-electron chi connectivity index (χ2n) is 13.9. The van der Waals surface area contributed by atoms with Gasteiger partial charge in [-0.25, -0.2) is 10.0 Å². The standard InChI is InChI=1S/C40H84S/c1-5-9-13-17-21-23-25-27-31-35-39-41(37-33-29-19-15-11-7-3,38-34-30-20-16-12-8-4)40-36-32-28-26-24-22-18-14-10-6-2/h5-40H2,1-4H3. The van der Waals surface area contributed by atoms with Crippen LogP contribution in [0.2, 0.25) is 0 Å². The maximum Gasteiger partial charge on any atom is -0.0228 e. The summed E-state index contributed by atoms with van der Waals surface area (Å²) in [6.07, 6.45) is 47.4. The van der Waals surface area contributed by atoms with Crippen molar-refractivity contribution in [3.8, 4) is 0 Å². The van der Waals surface area contributed by atoms with Crippen molar-refractivity contribution in [3.63, 3.8) is 0 Å². The molecule has 0 spiro atoms. The molecule has 0 rings (SSSR count). The van der Waals surface area contributed by atoms with Gasteiger partial charge in [0.05, 0.1) is 0 Å². The van der Waals surface area contributed by atoms with Gasteiger partial charge < -0.3 is 0 Å². The third-order valence-electron chi connectivity index (χ3n) is 9.72. The minimum atomic E-state index is -0.397. The molecule has 0 aliphatic heterocycles. The van der Waals surface area contributed by atoms with Crippen LogP contribution in [0.1, 0.15) is 233 Å². The van der Waals surface area contributed by atoms with Crippen LogP contribution < -0.4 is 0 Å². The van der Waals surface area contributed by atoms with Crippen LogP contribution in [0.15, 0.2) is 0 Å². The van der Waals surface area contributed by atoms with Gasteiger partial charge in [-0.1, -0.05) is 207 Å². The number of hydrogen-bond donors (Lipinski definition) is 0. The van der Waals surface area contributed by atoms with E-state index in [-0.39, 0.29) is 0 Å². The molecule has 0 nitrogen and oxygen atoms in total. The van der Waals surface area contributed by atoms with E-state index in [0.29, 0.717) is 0 Å². The van der Waals surface area contributed by atoms with Crippen molar-refractivity contribution in [1.82, 2.24) is 0 Å². The zero-order chi connectivity index (χ0) is 30.0. The van der Waals surface area contributed by atoms with Crippen molar-refractivity contribution in [2.24, 2.45) is 0 Å². The van der Waals surface area contributed by atoms with Crippen molar-refractivity contribution in [2.45, 2.75) is 233 Å². The largest absolute Gasteiger partial charge is 0.241 e. The third-order valence-corrected chi connectivity index (χ3v) is 14.3. The molecule has 0 N–H and O–H groups in total. The quantitative estimate of drug-likeness (QED) is 0.0631. The van der Waals surface area contributed by atoms with Crippen LogP contribution in [-0.2, 0) is 0 Å². The van der Waals surface area contributed by atoms with Crippen molar-refractivity contribution in [3.05, 3.63) is 0 Å². The van der Waals surface area contributed by atoms with E-state index in [9.17, 15) is 0 Å². The molecule has 1 heteroatoms. The SMILES string of the molecule is CCCCCCCCCCCCS(CCCCCCCC)(CCCCCCCC)CCCCCCCCCCCC. The topological polar surface area (TPSA) is 0 Å². The summed E-state index contributed by atoms with van der Waals surface area (Å²) in [6, 6.07) is 0. The van der Waals surface area contributed by atoms with Crippen LogP contribution in [0.25, 0.3) is 0 Å². The van der Waals surface area contributed by atoms with E-state index in [0.717, 1.165) is 0 Å². The van der Waals surface area contributed by atoms with E-state index in [4.69, 9.17) is 0 Å². The fourth-order valence-corrected chi connectivity index (χ4v) is 11.3. The number of unbranched alkanes of at least 4 members (excludes halogenated alkanes) is 28. The molecule has 250 valence electrons. The van der Waals surface area contributed by atoms with Gasteiger partial charge in [0.1, 0.15) is 0 Å². The maximum atomic E-state index is 2.36. The van der Waals surface area contributed by atoms with E-state index in [2.05, 4.69) is 27.7 Å². The predicted octanol–water partition coefficient (Wildman–Crippen LogP) is 15.4. The molecule has 0 aliphatic rings. The van der Waals surface area contributed by atoms with Crippen molar-refractivity contribution in [2.75, 3.05) is 23.0 Å². The van der Waals surface area contributed by atoms with E-state index in [1.165, 1.54) is 180 Å². The molecule has 0 heterocycles. The highest BCUT2D eigenvalue weighted by atomic mass is 32.3. The fourth-order valence-electron chi connectivity index (χ4n) is 6.78. The average molecular weight is 597 g/mol. The first-order chi connectivity index (χ1) is 20.2. The second kappa shape index (κ2) is 34.8. The Morgan fingerprint density at radius 2 is 0.341 bits per heavy atom. The molecule has 0 radical (unpaired) electrons. The van der Waals surface area contributed by atoms with Crippen molar-refractivity contribution in [1.29, 1.82) is 0 Å². The van der Waals surface area contributed by atoms with Crippen LogP contribution in [-0.4, -0.2) is 23.0 Å². The Labute approximate surface area is 265 Å². The highest BCUT2D eigenvalue weighted by molar-refractivity contribution is 8.33. The minimum Gasteiger partial charge on any atom is -0.241 e. The monoisotopic (exact) mass is 597 g/mol. The first kappa shape index (κ1) is 41.4. The molecule has 0 unspecified atom stereocenters. The molecule has 0 saturated heterocycles. The summed E-state index contributed by atoms with van der Waals surface area (Å²) in [4.78, 5) is 0. The Morgan fingerprint density at radius 3 is 0.512 bits per heavy atom. The lowest BCUT2D eigenvalue weighted by atomic mass is 10.1. The summed E-state index contributed by atoms with van der Waals surface area (Å²) in [5, 5.41) is 0. The van der Waals surface area contributed by atoms with Gasteiger partial charge in [-0.2, -0.15) is 0 Å². The van der Waals surface area contributed by atoms with Gasteiger partial charge in [-0.05, 0) is 48.7 Å². The Hall–Kier alpha value is 0.350. The maximum absolute atomic E-state index is 2.36. The fraction of sp³-hybridized carbons (Fsp3) is 1.00. The molecule has 0 aromatic heterocycles. The first-order valence-electron chi connectivity index (χ1n) is 20.0. The Balaban J connectivity index is 4.71. The van der Waals surface area contributed by atoms with E-state index < -0.39 is 10.0 Å². The van der Waals surface area contributed by atoms with Crippen LogP contribution in [0.5, 0.6) is 0 Å². The van der Waals surface area contributed by atoms with E-state index >= 15 is 0 Å². The van der Waals surface area contributed by atoms with Crippen molar-refractivity contribution >= 4 is 10.0 Å². The van der Waals surface area contributed by atoms with Crippen LogP contribution >= 0.6 is 10.0 Å². The van der Waals surface area contributed by atoms with E-state index in [1.807, 2.05) is 0 Å². The molecule has 0 aliphatic carbocycles. The summed E-state index contributed by atoms with van der Waals surface area (Å²) < 4.78 is 0. The first-order valence-corrected chi connectivity index (χ1v) is 22.3. The Bertz CT molecular complexity index is 416. The van der Waals surface area contributed by atoms with Gasteiger partial charge in [0.15, 0.2) is 0 Å². The highest BCUT2D eigenvalue weighted by Crippen LogP contribution is 2.51. The molecule has 0 aromatic carbocycles. The normalized spacial score (nSPS) is 12.4. The van der Waals surface area contributed by atoms with Gasteiger partial charge in [0.2, 0.25) is 0 Å². The molecule has 0 saturated carbocycles. The molecular formula is C40H84S. The summed E-state index contributed by atoms with van der Waals surface area (Å²) in [7, 11) is -0.397. The molecular weight excluding hydrogens is 513 g/mol.